The Kier molecular flexibility index (Phi) is 5.91. The number of hydrogen-bond donors (Lipinski definition) is 1. The van der Waals surface area contributed by atoms with Crippen LogP contribution in [0.4, 0.5) is 5.69 Å². The number of guanidine groups is 1. The van der Waals surface area contributed by atoms with E-state index >= 15 is 0 Å². The molecule has 136 valence electrons. The second kappa shape index (κ2) is 8.34. The maximum absolute atomic E-state index is 11.4. The number of para-hydroxylation sites is 1. The smallest absolute Gasteiger partial charge is 0.219 e. The molecule has 0 saturated carbocycles. The summed E-state index contributed by atoms with van der Waals surface area (Å²) in [5, 5.41) is 3.43. The summed E-state index contributed by atoms with van der Waals surface area (Å²) in [6, 6.07) is 8.58. The first-order valence-corrected chi connectivity index (χ1v) is 9.30. The van der Waals surface area contributed by atoms with Crippen LogP contribution in [-0.4, -0.2) is 74.0 Å². The summed E-state index contributed by atoms with van der Waals surface area (Å²) < 4.78 is 0. The van der Waals surface area contributed by atoms with Gasteiger partial charge in [0.1, 0.15) is 0 Å². The lowest BCUT2D eigenvalue weighted by molar-refractivity contribution is -0.130. The van der Waals surface area contributed by atoms with E-state index in [2.05, 4.69) is 46.3 Å². The molecule has 1 fully saturated rings. The van der Waals surface area contributed by atoms with Crippen LogP contribution in [0.5, 0.6) is 0 Å². The van der Waals surface area contributed by atoms with Gasteiger partial charge in [0.05, 0.1) is 6.54 Å². The fourth-order valence-corrected chi connectivity index (χ4v) is 3.54. The van der Waals surface area contributed by atoms with Crippen LogP contribution in [0, 0.1) is 0 Å². The van der Waals surface area contributed by atoms with Crippen LogP contribution in [-0.2, 0) is 11.2 Å². The van der Waals surface area contributed by atoms with Gasteiger partial charge in [-0.05, 0) is 25.0 Å². The first-order valence-electron chi connectivity index (χ1n) is 9.30. The highest BCUT2D eigenvalue weighted by Gasteiger charge is 2.22. The molecule has 6 heteroatoms. The van der Waals surface area contributed by atoms with E-state index in [1.165, 1.54) is 11.3 Å². The van der Waals surface area contributed by atoms with Gasteiger partial charge >= 0.3 is 0 Å². The molecule has 0 radical (unpaired) electrons. The molecule has 1 amide bonds. The number of carbonyl (C=O) groups excluding carboxylic acids is 1. The summed E-state index contributed by atoms with van der Waals surface area (Å²) in [6.45, 7) is 10.9. The van der Waals surface area contributed by atoms with Crippen LogP contribution in [0.2, 0.25) is 0 Å². The molecular formula is C19H29N5O. The molecule has 0 atom stereocenters. The molecule has 1 N–H and O–H groups in total. The van der Waals surface area contributed by atoms with Gasteiger partial charge in [-0.1, -0.05) is 18.2 Å². The summed E-state index contributed by atoms with van der Waals surface area (Å²) in [6.07, 6.45) is 1.08. The lowest BCUT2D eigenvalue weighted by Crippen LogP contribution is -2.48. The number of anilines is 1. The van der Waals surface area contributed by atoms with Crippen LogP contribution in [0.25, 0.3) is 0 Å². The zero-order chi connectivity index (χ0) is 17.6. The average molecular weight is 343 g/mol. The number of rotatable bonds is 4. The minimum atomic E-state index is 0.180. The van der Waals surface area contributed by atoms with Crippen LogP contribution in [0.15, 0.2) is 29.3 Å². The maximum atomic E-state index is 11.4. The molecule has 3 rings (SSSR count). The number of nitrogens with zero attached hydrogens (tertiary/aromatic N) is 4. The number of piperazine rings is 1. The SMILES string of the molecule is CCNC(=NCCN1CCN(C(C)=O)CC1)N1CCc2ccccc21. The first kappa shape index (κ1) is 17.7. The fourth-order valence-electron chi connectivity index (χ4n) is 3.54. The molecule has 1 saturated heterocycles. The van der Waals surface area contributed by atoms with Crippen LogP contribution < -0.4 is 10.2 Å². The molecule has 2 aliphatic rings. The molecule has 1 aromatic rings. The topological polar surface area (TPSA) is 51.2 Å². The molecule has 0 unspecified atom stereocenters. The Morgan fingerprint density at radius 2 is 1.92 bits per heavy atom. The predicted molar refractivity (Wildman–Crippen MR) is 102 cm³/mol. The van der Waals surface area contributed by atoms with Crippen molar-refractivity contribution >= 4 is 17.6 Å². The summed E-state index contributed by atoms with van der Waals surface area (Å²) in [4.78, 5) is 22.9. The molecular weight excluding hydrogens is 314 g/mol. The fraction of sp³-hybridized carbons (Fsp3) is 0.579. The summed E-state index contributed by atoms with van der Waals surface area (Å²) in [5.74, 6) is 1.16. The van der Waals surface area contributed by atoms with Gasteiger partial charge in [-0.15, -0.1) is 0 Å². The van der Waals surface area contributed by atoms with Crippen molar-refractivity contribution in [2.45, 2.75) is 20.3 Å². The summed E-state index contributed by atoms with van der Waals surface area (Å²) in [5.41, 5.74) is 2.67. The van der Waals surface area contributed by atoms with Crippen molar-refractivity contribution in [3.8, 4) is 0 Å². The van der Waals surface area contributed by atoms with Gasteiger partial charge < -0.3 is 15.1 Å². The Morgan fingerprint density at radius 1 is 1.16 bits per heavy atom. The molecule has 0 aliphatic carbocycles. The number of fused-ring (bicyclic) bond motifs is 1. The van der Waals surface area contributed by atoms with Crippen molar-refractivity contribution in [3.63, 3.8) is 0 Å². The van der Waals surface area contributed by atoms with Gasteiger partial charge in [-0.3, -0.25) is 14.7 Å². The van der Waals surface area contributed by atoms with E-state index in [9.17, 15) is 4.79 Å². The van der Waals surface area contributed by atoms with Crippen LogP contribution in [0.3, 0.4) is 0 Å². The molecule has 2 aliphatic heterocycles. The number of aliphatic imine (C=N–C) groups is 1. The van der Waals surface area contributed by atoms with Crippen molar-refractivity contribution in [2.75, 3.05) is 57.3 Å². The molecule has 25 heavy (non-hydrogen) atoms. The second-order valence-electron chi connectivity index (χ2n) is 6.61. The first-order chi connectivity index (χ1) is 12.2. The van der Waals surface area contributed by atoms with E-state index in [1.807, 2.05) is 4.90 Å². The minimum absolute atomic E-state index is 0.180. The zero-order valence-electron chi connectivity index (χ0n) is 15.4. The van der Waals surface area contributed by atoms with Gasteiger partial charge in [0, 0.05) is 58.4 Å². The van der Waals surface area contributed by atoms with E-state index in [4.69, 9.17) is 4.99 Å². The number of nitrogens with one attached hydrogen (secondary N) is 1. The summed E-state index contributed by atoms with van der Waals surface area (Å²) >= 11 is 0. The Bertz CT molecular complexity index is 622. The largest absolute Gasteiger partial charge is 0.356 e. The molecule has 1 aromatic carbocycles. The minimum Gasteiger partial charge on any atom is -0.356 e. The monoisotopic (exact) mass is 343 g/mol. The van der Waals surface area contributed by atoms with Gasteiger partial charge in [-0.2, -0.15) is 0 Å². The lowest BCUT2D eigenvalue weighted by atomic mass is 10.2. The third kappa shape index (κ3) is 4.31. The summed E-state index contributed by atoms with van der Waals surface area (Å²) in [7, 11) is 0. The van der Waals surface area contributed by atoms with E-state index < -0.39 is 0 Å². The molecule has 2 heterocycles. The standard InChI is InChI=1S/C19H29N5O/c1-3-20-19(24-10-8-17-6-4-5-7-18(17)24)21-9-11-22-12-14-23(15-13-22)16(2)25/h4-7H,3,8-15H2,1-2H3,(H,20,21). The Hall–Kier alpha value is -2.08. The van der Waals surface area contributed by atoms with E-state index in [1.54, 1.807) is 6.92 Å². The lowest BCUT2D eigenvalue weighted by Gasteiger charge is -2.33. The van der Waals surface area contributed by atoms with E-state index in [0.717, 1.165) is 64.7 Å². The van der Waals surface area contributed by atoms with Crippen LogP contribution >= 0.6 is 0 Å². The third-order valence-electron chi connectivity index (χ3n) is 4.97. The van der Waals surface area contributed by atoms with Gasteiger partial charge in [-0.25, -0.2) is 0 Å². The number of hydrogen-bond acceptors (Lipinski definition) is 3. The van der Waals surface area contributed by atoms with E-state index in [-0.39, 0.29) is 5.91 Å². The van der Waals surface area contributed by atoms with Gasteiger partial charge in [0.2, 0.25) is 5.91 Å². The molecule has 6 nitrogen and oxygen atoms in total. The zero-order valence-corrected chi connectivity index (χ0v) is 15.4. The van der Waals surface area contributed by atoms with Crippen molar-refractivity contribution in [1.82, 2.24) is 15.1 Å². The van der Waals surface area contributed by atoms with Crippen molar-refractivity contribution < 1.29 is 4.79 Å². The highest BCUT2D eigenvalue weighted by Crippen LogP contribution is 2.27. The highest BCUT2D eigenvalue weighted by atomic mass is 16.2. The quantitative estimate of drug-likeness (QED) is 0.659. The van der Waals surface area contributed by atoms with Crippen molar-refractivity contribution in [2.24, 2.45) is 4.99 Å². The van der Waals surface area contributed by atoms with Gasteiger partial charge in [0.25, 0.3) is 0 Å². The maximum Gasteiger partial charge on any atom is 0.219 e. The number of benzene rings is 1. The van der Waals surface area contributed by atoms with Gasteiger partial charge in [0.15, 0.2) is 5.96 Å². The number of carbonyl (C=O) groups is 1. The molecule has 0 bridgehead atoms. The van der Waals surface area contributed by atoms with Crippen molar-refractivity contribution in [1.29, 1.82) is 0 Å². The number of amides is 1. The second-order valence-corrected chi connectivity index (χ2v) is 6.61. The molecule has 0 spiro atoms. The van der Waals surface area contributed by atoms with Crippen LogP contribution in [0.1, 0.15) is 19.4 Å². The average Bonchev–Trinajstić information content (AvgIpc) is 3.05. The normalized spacial score (nSPS) is 18.4. The Labute approximate surface area is 150 Å². The Morgan fingerprint density at radius 3 is 2.64 bits per heavy atom. The van der Waals surface area contributed by atoms with Crippen molar-refractivity contribution in [3.05, 3.63) is 29.8 Å². The molecule has 0 aromatic heterocycles. The predicted octanol–water partition coefficient (Wildman–Crippen LogP) is 1.18. The third-order valence-corrected chi connectivity index (χ3v) is 4.97. The highest BCUT2D eigenvalue weighted by molar-refractivity contribution is 5.97. The van der Waals surface area contributed by atoms with E-state index in [0.29, 0.717) is 0 Å². The Balaban J connectivity index is 1.56.